The molecular formula is C13H29N3O. The van der Waals surface area contributed by atoms with Gasteiger partial charge >= 0.3 is 0 Å². The Balaban J connectivity index is 2.01. The molecule has 0 saturated heterocycles. The van der Waals surface area contributed by atoms with Gasteiger partial charge in [-0.1, -0.05) is 0 Å². The monoisotopic (exact) mass is 243 g/mol. The Bertz CT molecular complexity index is 195. The molecule has 0 amide bonds. The number of hydrogen-bond acceptors (Lipinski definition) is 4. The molecule has 4 heteroatoms. The molecule has 1 aliphatic carbocycles. The van der Waals surface area contributed by atoms with Gasteiger partial charge in [-0.25, -0.2) is 0 Å². The van der Waals surface area contributed by atoms with Gasteiger partial charge in [0.05, 0.1) is 6.61 Å². The maximum absolute atomic E-state index is 9.28. The summed E-state index contributed by atoms with van der Waals surface area (Å²) in [4.78, 5) is 4.58. The molecule has 0 aromatic rings. The lowest BCUT2D eigenvalue weighted by atomic mass is 10.2. The van der Waals surface area contributed by atoms with E-state index in [4.69, 9.17) is 0 Å². The second-order valence-corrected chi connectivity index (χ2v) is 5.57. The molecule has 1 unspecified atom stereocenters. The van der Waals surface area contributed by atoms with Crippen molar-refractivity contribution in [1.82, 2.24) is 15.1 Å². The molecule has 1 atom stereocenters. The number of nitrogens with zero attached hydrogens (tertiary/aromatic N) is 2. The van der Waals surface area contributed by atoms with Gasteiger partial charge in [-0.2, -0.15) is 0 Å². The Hall–Kier alpha value is -0.160. The molecule has 0 radical (unpaired) electrons. The minimum absolute atomic E-state index is 0.266. The Kier molecular flexibility index (Phi) is 7.04. The number of aliphatic hydroxyl groups is 1. The van der Waals surface area contributed by atoms with Gasteiger partial charge in [0.1, 0.15) is 0 Å². The van der Waals surface area contributed by atoms with Crippen LogP contribution in [0.3, 0.4) is 0 Å². The molecule has 1 fully saturated rings. The van der Waals surface area contributed by atoms with Crippen LogP contribution in [0, 0.1) is 0 Å². The van der Waals surface area contributed by atoms with Crippen molar-refractivity contribution < 1.29 is 5.11 Å². The van der Waals surface area contributed by atoms with Crippen molar-refractivity contribution in [3.8, 4) is 0 Å². The second kappa shape index (κ2) is 8.03. The first-order chi connectivity index (χ1) is 8.11. The molecule has 0 spiro atoms. The van der Waals surface area contributed by atoms with E-state index in [9.17, 15) is 5.11 Å². The smallest absolute Gasteiger partial charge is 0.0585 e. The molecule has 0 bridgehead atoms. The predicted octanol–water partition coefficient (Wildman–Crippen LogP) is 0.373. The van der Waals surface area contributed by atoms with Crippen LogP contribution in [0.25, 0.3) is 0 Å². The largest absolute Gasteiger partial charge is 0.395 e. The number of aliphatic hydroxyl groups excluding tert-OH is 1. The van der Waals surface area contributed by atoms with Gasteiger partial charge in [0.2, 0.25) is 0 Å². The molecule has 0 aromatic carbocycles. The van der Waals surface area contributed by atoms with Crippen LogP contribution in [0.4, 0.5) is 0 Å². The topological polar surface area (TPSA) is 38.7 Å². The summed E-state index contributed by atoms with van der Waals surface area (Å²) in [7, 11) is 6.39. The first kappa shape index (κ1) is 14.9. The van der Waals surface area contributed by atoms with Crippen LogP contribution in [0.15, 0.2) is 0 Å². The average molecular weight is 243 g/mol. The fraction of sp³-hybridized carbons (Fsp3) is 1.00. The Morgan fingerprint density at radius 2 is 1.88 bits per heavy atom. The third kappa shape index (κ3) is 7.71. The molecule has 17 heavy (non-hydrogen) atoms. The van der Waals surface area contributed by atoms with E-state index >= 15 is 0 Å². The SMILES string of the molecule is CN(C)CCCN(C)CCC(CO)NC1CC1. The summed E-state index contributed by atoms with van der Waals surface area (Å²) in [6.45, 7) is 3.62. The molecule has 0 aromatic heterocycles. The lowest BCUT2D eigenvalue weighted by molar-refractivity contribution is 0.214. The third-order valence-corrected chi connectivity index (χ3v) is 3.27. The van der Waals surface area contributed by atoms with Crippen LogP contribution in [0.1, 0.15) is 25.7 Å². The highest BCUT2D eigenvalue weighted by molar-refractivity contribution is 4.84. The number of rotatable bonds is 10. The van der Waals surface area contributed by atoms with Crippen molar-refractivity contribution in [2.45, 2.75) is 37.8 Å². The van der Waals surface area contributed by atoms with Gasteiger partial charge in [0, 0.05) is 12.1 Å². The van der Waals surface area contributed by atoms with Crippen LogP contribution in [0.5, 0.6) is 0 Å². The van der Waals surface area contributed by atoms with E-state index in [1.165, 1.54) is 19.3 Å². The summed E-state index contributed by atoms with van der Waals surface area (Å²) in [5.41, 5.74) is 0. The fourth-order valence-electron chi connectivity index (χ4n) is 1.96. The van der Waals surface area contributed by atoms with Crippen LogP contribution >= 0.6 is 0 Å². The van der Waals surface area contributed by atoms with E-state index < -0.39 is 0 Å². The van der Waals surface area contributed by atoms with Crippen LogP contribution < -0.4 is 5.32 Å². The highest BCUT2D eigenvalue weighted by Gasteiger charge is 2.24. The van der Waals surface area contributed by atoms with E-state index in [1.54, 1.807) is 0 Å². The standard InChI is InChI=1S/C13H29N3O/c1-15(2)8-4-9-16(3)10-7-13(11-17)14-12-5-6-12/h12-14,17H,4-11H2,1-3H3. The Morgan fingerprint density at radius 1 is 1.18 bits per heavy atom. The summed E-state index contributed by atoms with van der Waals surface area (Å²) in [5, 5.41) is 12.8. The fourth-order valence-corrected chi connectivity index (χ4v) is 1.96. The van der Waals surface area contributed by atoms with Gasteiger partial charge in [-0.15, -0.1) is 0 Å². The van der Waals surface area contributed by atoms with Gasteiger partial charge in [-0.3, -0.25) is 0 Å². The number of nitrogens with one attached hydrogen (secondary N) is 1. The molecular weight excluding hydrogens is 214 g/mol. The van der Waals surface area contributed by atoms with Crippen molar-refractivity contribution in [2.24, 2.45) is 0 Å². The summed E-state index contributed by atoms with van der Waals surface area (Å²) < 4.78 is 0. The average Bonchev–Trinajstić information content (AvgIpc) is 3.07. The second-order valence-electron chi connectivity index (χ2n) is 5.57. The summed E-state index contributed by atoms with van der Waals surface area (Å²) in [6, 6.07) is 0.977. The molecule has 1 saturated carbocycles. The van der Waals surface area contributed by atoms with Crippen molar-refractivity contribution >= 4 is 0 Å². The Labute approximate surface area is 106 Å². The number of hydrogen-bond donors (Lipinski definition) is 2. The first-order valence-corrected chi connectivity index (χ1v) is 6.82. The third-order valence-electron chi connectivity index (χ3n) is 3.27. The van der Waals surface area contributed by atoms with E-state index in [-0.39, 0.29) is 6.61 Å². The van der Waals surface area contributed by atoms with Crippen molar-refractivity contribution in [3.63, 3.8) is 0 Å². The summed E-state index contributed by atoms with van der Waals surface area (Å²) >= 11 is 0. The maximum atomic E-state index is 9.28. The predicted molar refractivity (Wildman–Crippen MR) is 72.3 cm³/mol. The zero-order chi connectivity index (χ0) is 12.7. The Morgan fingerprint density at radius 3 is 2.41 bits per heavy atom. The van der Waals surface area contributed by atoms with Gasteiger partial charge in [0.25, 0.3) is 0 Å². The van der Waals surface area contributed by atoms with Gasteiger partial charge < -0.3 is 20.2 Å². The molecule has 102 valence electrons. The lowest BCUT2D eigenvalue weighted by Gasteiger charge is -2.22. The normalized spacial score (nSPS) is 18.0. The van der Waals surface area contributed by atoms with Crippen molar-refractivity contribution in [3.05, 3.63) is 0 Å². The maximum Gasteiger partial charge on any atom is 0.0585 e. The van der Waals surface area contributed by atoms with Crippen molar-refractivity contribution in [1.29, 1.82) is 0 Å². The molecule has 1 rings (SSSR count). The van der Waals surface area contributed by atoms with E-state index in [0.29, 0.717) is 12.1 Å². The zero-order valence-electron chi connectivity index (χ0n) is 11.7. The zero-order valence-corrected chi connectivity index (χ0v) is 11.7. The first-order valence-electron chi connectivity index (χ1n) is 6.82. The highest BCUT2D eigenvalue weighted by Crippen LogP contribution is 2.19. The summed E-state index contributed by atoms with van der Waals surface area (Å²) in [5.74, 6) is 0. The molecule has 0 aliphatic heterocycles. The van der Waals surface area contributed by atoms with E-state index in [1.807, 2.05) is 0 Å². The van der Waals surface area contributed by atoms with E-state index in [2.05, 4.69) is 36.3 Å². The molecule has 4 nitrogen and oxygen atoms in total. The highest BCUT2D eigenvalue weighted by atomic mass is 16.3. The minimum atomic E-state index is 0.266. The van der Waals surface area contributed by atoms with Crippen LogP contribution in [-0.4, -0.2) is 74.4 Å². The molecule has 1 aliphatic rings. The van der Waals surface area contributed by atoms with Crippen molar-refractivity contribution in [2.75, 3.05) is 47.4 Å². The van der Waals surface area contributed by atoms with Gasteiger partial charge in [0.15, 0.2) is 0 Å². The van der Waals surface area contributed by atoms with Crippen LogP contribution in [0.2, 0.25) is 0 Å². The van der Waals surface area contributed by atoms with Crippen LogP contribution in [-0.2, 0) is 0 Å². The van der Waals surface area contributed by atoms with E-state index in [0.717, 1.165) is 26.1 Å². The van der Waals surface area contributed by atoms with Gasteiger partial charge in [-0.05, 0) is 66.5 Å². The quantitative estimate of drug-likeness (QED) is 0.582. The molecule has 2 N–H and O–H groups in total. The lowest BCUT2D eigenvalue weighted by Crippen LogP contribution is -2.37. The summed E-state index contributed by atoms with van der Waals surface area (Å²) in [6.07, 6.45) is 4.83. The molecule has 0 heterocycles. The minimum Gasteiger partial charge on any atom is -0.395 e.